The summed E-state index contributed by atoms with van der Waals surface area (Å²) in [5, 5.41) is 5.65. The van der Waals surface area contributed by atoms with Crippen molar-refractivity contribution in [3.05, 3.63) is 79.1 Å². The lowest BCUT2D eigenvalue weighted by Crippen LogP contribution is -2.19. The van der Waals surface area contributed by atoms with Gasteiger partial charge in [-0.15, -0.1) is 0 Å². The molecule has 0 aliphatic carbocycles. The Morgan fingerprint density at radius 1 is 1.00 bits per heavy atom. The van der Waals surface area contributed by atoms with Crippen LogP contribution in [-0.2, 0) is 0 Å². The number of aromatic nitrogens is 2. The van der Waals surface area contributed by atoms with Crippen molar-refractivity contribution in [2.75, 3.05) is 17.2 Å². The van der Waals surface area contributed by atoms with Crippen molar-refractivity contribution < 1.29 is 9.53 Å². The topological polar surface area (TPSA) is 67.7 Å². The Kier molecular flexibility index (Phi) is 4.93. The van der Waals surface area contributed by atoms with Crippen LogP contribution in [0.4, 0.5) is 16.2 Å². The molecule has 0 fully saturated rings. The summed E-state index contributed by atoms with van der Waals surface area (Å²) in [5.41, 5.74) is 4.08. The number of hydrogen-bond donors (Lipinski definition) is 2. The van der Waals surface area contributed by atoms with Gasteiger partial charge in [-0.2, -0.15) is 0 Å². The van der Waals surface area contributed by atoms with E-state index in [2.05, 4.69) is 15.6 Å². The maximum absolute atomic E-state index is 12.3. The third-order valence-corrected chi connectivity index (χ3v) is 4.24. The minimum Gasteiger partial charge on any atom is -0.492 e. The molecule has 0 spiro atoms. The molecule has 140 valence electrons. The van der Waals surface area contributed by atoms with E-state index in [0.717, 1.165) is 16.9 Å². The number of rotatable bonds is 5. The van der Waals surface area contributed by atoms with Crippen LogP contribution in [0.1, 0.15) is 6.92 Å². The van der Waals surface area contributed by atoms with Gasteiger partial charge in [0.25, 0.3) is 0 Å². The number of nitrogens with zero attached hydrogens (tertiary/aromatic N) is 2. The quantitative estimate of drug-likeness (QED) is 0.515. The SMILES string of the molecule is CCOc1ccccc1NC(=O)Nc1ccc(-c2cn3ccccc3n2)cc1. The van der Waals surface area contributed by atoms with Crippen LogP contribution in [0.2, 0.25) is 0 Å². The average molecular weight is 372 g/mol. The molecule has 0 saturated carbocycles. The van der Waals surface area contributed by atoms with Gasteiger partial charge >= 0.3 is 6.03 Å². The minimum atomic E-state index is -0.326. The Hall–Kier alpha value is -3.80. The summed E-state index contributed by atoms with van der Waals surface area (Å²) in [5.74, 6) is 0.641. The highest BCUT2D eigenvalue weighted by Crippen LogP contribution is 2.24. The number of imidazole rings is 1. The number of para-hydroxylation sites is 2. The number of hydrogen-bond acceptors (Lipinski definition) is 3. The van der Waals surface area contributed by atoms with E-state index >= 15 is 0 Å². The molecule has 2 aromatic carbocycles. The summed E-state index contributed by atoms with van der Waals surface area (Å²) in [4.78, 5) is 16.9. The van der Waals surface area contributed by atoms with E-state index in [0.29, 0.717) is 23.7 Å². The Balaban J connectivity index is 1.45. The van der Waals surface area contributed by atoms with Gasteiger partial charge in [-0.05, 0) is 43.3 Å². The minimum absolute atomic E-state index is 0.326. The molecule has 6 nitrogen and oxygen atoms in total. The van der Waals surface area contributed by atoms with E-state index < -0.39 is 0 Å². The van der Waals surface area contributed by atoms with Crippen LogP contribution in [0, 0.1) is 0 Å². The van der Waals surface area contributed by atoms with Crippen molar-refractivity contribution in [3.8, 4) is 17.0 Å². The molecule has 0 saturated heterocycles. The number of benzene rings is 2. The van der Waals surface area contributed by atoms with Gasteiger partial charge < -0.3 is 19.8 Å². The van der Waals surface area contributed by atoms with Gasteiger partial charge in [-0.1, -0.05) is 30.3 Å². The maximum atomic E-state index is 12.3. The number of carbonyl (C=O) groups excluding carboxylic acids is 1. The summed E-state index contributed by atoms with van der Waals surface area (Å²) in [6.45, 7) is 2.44. The van der Waals surface area contributed by atoms with Crippen molar-refractivity contribution in [2.45, 2.75) is 6.92 Å². The number of nitrogens with one attached hydrogen (secondary N) is 2. The molecule has 2 aromatic heterocycles. The highest BCUT2D eigenvalue weighted by atomic mass is 16.5. The standard InChI is InChI=1S/C22H20N4O2/c1-2-28-20-8-4-3-7-18(20)25-22(27)23-17-12-10-16(11-13-17)19-15-26-14-6-5-9-21(26)24-19/h3-15H,2H2,1H3,(H2,23,25,27). The number of ether oxygens (including phenoxy) is 1. The van der Waals surface area contributed by atoms with Crippen molar-refractivity contribution in [2.24, 2.45) is 0 Å². The van der Waals surface area contributed by atoms with Crippen LogP contribution in [0.25, 0.3) is 16.9 Å². The van der Waals surface area contributed by atoms with Gasteiger partial charge in [0.2, 0.25) is 0 Å². The van der Waals surface area contributed by atoms with Gasteiger partial charge in [0, 0.05) is 23.6 Å². The molecule has 2 heterocycles. The molecule has 4 aromatic rings. The molecular formula is C22H20N4O2. The highest BCUT2D eigenvalue weighted by molar-refractivity contribution is 6.00. The molecule has 6 heteroatoms. The summed E-state index contributed by atoms with van der Waals surface area (Å²) >= 11 is 0. The van der Waals surface area contributed by atoms with Gasteiger partial charge in [0.15, 0.2) is 0 Å². The lowest BCUT2D eigenvalue weighted by molar-refractivity contribution is 0.262. The zero-order valence-corrected chi connectivity index (χ0v) is 15.4. The van der Waals surface area contributed by atoms with E-state index in [1.165, 1.54) is 0 Å². The largest absolute Gasteiger partial charge is 0.492 e. The van der Waals surface area contributed by atoms with Crippen molar-refractivity contribution >= 4 is 23.1 Å². The molecule has 2 amide bonds. The summed E-state index contributed by atoms with van der Waals surface area (Å²) < 4.78 is 7.50. The van der Waals surface area contributed by atoms with Crippen LogP contribution < -0.4 is 15.4 Å². The molecule has 0 aliphatic rings. The van der Waals surface area contributed by atoms with Crippen molar-refractivity contribution in [1.29, 1.82) is 0 Å². The summed E-state index contributed by atoms with van der Waals surface area (Å²) in [6.07, 6.45) is 3.95. The number of fused-ring (bicyclic) bond motifs is 1. The van der Waals surface area contributed by atoms with Gasteiger partial charge in [-0.3, -0.25) is 0 Å². The number of amides is 2. The predicted octanol–water partition coefficient (Wildman–Crippen LogP) is 5.04. The van der Waals surface area contributed by atoms with Gasteiger partial charge in [-0.25, -0.2) is 9.78 Å². The van der Waals surface area contributed by atoms with Crippen LogP contribution >= 0.6 is 0 Å². The van der Waals surface area contributed by atoms with E-state index in [1.54, 1.807) is 6.07 Å². The summed E-state index contributed by atoms with van der Waals surface area (Å²) in [7, 11) is 0. The fraction of sp³-hybridized carbons (Fsp3) is 0.0909. The molecule has 0 unspecified atom stereocenters. The maximum Gasteiger partial charge on any atom is 0.323 e. The molecule has 2 N–H and O–H groups in total. The first-order chi connectivity index (χ1) is 13.7. The Morgan fingerprint density at radius 3 is 2.57 bits per heavy atom. The fourth-order valence-electron chi connectivity index (χ4n) is 2.93. The first-order valence-electron chi connectivity index (χ1n) is 9.07. The first-order valence-corrected chi connectivity index (χ1v) is 9.07. The molecule has 0 radical (unpaired) electrons. The monoisotopic (exact) mass is 372 g/mol. The number of anilines is 2. The number of carbonyl (C=O) groups is 1. The van der Waals surface area contributed by atoms with Gasteiger partial charge in [0.1, 0.15) is 11.4 Å². The van der Waals surface area contributed by atoms with Crippen LogP contribution in [-0.4, -0.2) is 22.0 Å². The fourth-order valence-corrected chi connectivity index (χ4v) is 2.93. The first kappa shape index (κ1) is 17.6. The highest BCUT2D eigenvalue weighted by Gasteiger charge is 2.08. The molecule has 0 atom stereocenters. The Labute approximate surface area is 162 Å². The molecular weight excluding hydrogens is 352 g/mol. The molecule has 4 rings (SSSR count). The second-order valence-corrected chi connectivity index (χ2v) is 6.18. The van der Waals surface area contributed by atoms with E-state index in [-0.39, 0.29) is 6.03 Å². The van der Waals surface area contributed by atoms with E-state index in [1.807, 2.05) is 84.4 Å². The summed E-state index contributed by atoms with van der Waals surface area (Å²) in [6, 6.07) is 20.5. The van der Waals surface area contributed by atoms with Crippen LogP contribution in [0.15, 0.2) is 79.1 Å². The third-order valence-electron chi connectivity index (χ3n) is 4.24. The zero-order chi connectivity index (χ0) is 19.3. The third kappa shape index (κ3) is 3.81. The second kappa shape index (κ2) is 7.84. The Bertz CT molecular complexity index is 1070. The van der Waals surface area contributed by atoms with E-state index in [4.69, 9.17) is 4.74 Å². The van der Waals surface area contributed by atoms with E-state index in [9.17, 15) is 4.79 Å². The molecule has 0 aliphatic heterocycles. The predicted molar refractivity (Wildman–Crippen MR) is 111 cm³/mol. The smallest absolute Gasteiger partial charge is 0.323 e. The average Bonchev–Trinajstić information content (AvgIpc) is 3.14. The lowest BCUT2D eigenvalue weighted by Gasteiger charge is -2.12. The zero-order valence-electron chi connectivity index (χ0n) is 15.4. The van der Waals surface area contributed by atoms with Crippen LogP contribution in [0.3, 0.4) is 0 Å². The van der Waals surface area contributed by atoms with Crippen LogP contribution in [0.5, 0.6) is 5.75 Å². The van der Waals surface area contributed by atoms with Crippen molar-refractivity contribution in [1.82, 2.24) is 9.38 Å². The number of pyridine rings is 1. The Morgan fingerprint density at radius 2 is 1.79 bits per heavy atom. The number of urea groups is 1. The lowest BCUT2D eigenvalue weighted by atomic mass is 10.1. The normalized spacial score (nSPS) is 10.6. The van der Waals surface area contributed by atoms with Gasteiger partial charge in [0.05, 0.1) is 18.0 Å². The molecule has 0 bridgehead atoms. The second-order valence-electron chi connectivity index (χ2n) is 6.18. The molecule has 28 heavy (non-hydrogen) atoms. The van der Waals surface area contributed by atoms with Crippen molar-refractivity contribution in [3.63, 3.8) is 0 Å².